The van der Waals surface area contributed by atoms with Gasteiger partial charge in [-0.3, -0.25) is 10.1 Å². The zero-order chi connectivity index (χ0) is 12.1. The van der Waals surface area contributed by atoms with E-state index in [4.69, 9.17) is 17.3 Å². The van der Waals surface area contributed by atoms with Crippen molar-refractivity contribution in [3.05, 3.63) is 38.9 Å². The van der Waals surface area contributed by atoms with Crippen LogP contribution in [0.4, 0.5) is 5.69 Å². The monoisotopic (exact) mass is 240 g/mol. The molecule has 1 fully saturated rings. The highest BCUT2D eigenvalue weighted by Crippen LogP contribution is 2.57. The Kier molecular flexibility index (Phi) is 2.44. The Morgan fingerprint density at radius 2 is 2.06 bits per heavy atom. The number of rotatable bonds is 2. The van der Waals surface area contributed by atoms with Crippen LogP contribution in [0.5, 0.6) is 0 Å². The minimum Gasteiger partial charge on any atom is -0.327 e. The molecule has 2 atom stereocenters. The van der Waals surface area contributed by atoms with Gasteiger partial charge in [-0.1, -0.05) is 31.5 Å². The Labute approximate surface area is 98.5 Å². The van der Waals surface area contributed by atoms with Crippen molar-refractivity contribution in [2.75, 3.05) is 0 Å². The van der Waals surface area contributed by atoms with E-state index < -0.39 is 4.92 Å². The van der Waals surface area contributed by atoms with Gasteiger partial charge in [-0.15, -0.1) is 0 Å². The zero-order valence-electron chi connectivity index (χ0n) is 9.11. The molecule has 16 heavy (non-hydrogen) atoms. The van der Waals surface area contributed by atoms with Crippen molar-refractivity contribution in [3.8, 4) is 0 Å². The summed E-state index contributed by atoms with van der Waals surface area (Å²) in [6, 6.07) is 4.94. The van der Waals surface area contributed by atoms with Gasteiger partial charge in [-0.25, -0.2) is 0 Å². The van der Waals surface area contributed by atoms with E-state index >= 15 is 0 Å². The lowest BCUT2D eigenvalue weighted by Gasteiger charge is -2.03. The number of nitro groups is 1. The highest BCUT2D eigenvalue weighted by atomic mass is 35.5. The molecule has 0 aliphatic heterocycles. The molecule has 1 aromatic rings. The van der Waals surface area contributed by atoms with Gasteiger partial charge < -0.3 is 5.73 Å². The lowest BCUT2D eigenvalue weighted by molar-refractivity contribution is -0.384. The fraction of sp³-hybridized carbons (Fsp3) is 0.455. The van der Waals surface area contributed by atoms with Crippen molar-refractivity contribution >= 4 is 17.3 Å². The summed E-state index contributed by atoms with van der Waals surface area (Å²) in [6.45, 7) is 4.16. The van der Waals surface area contributed by atoms with Crippen LogP contribution in [0.15, 0.2) is 18.2 Å². The standard InChI is InChI=1S/C11H13ClN2O2/c1-11(2)9(10(11)13)6-3-4-8(14(15)16)7(12)5-6/h3-5,9-10H,13H2,1-2H3. The van der Waals surface area contributed by atoms with Gasteiger partial charge in [0.1, 0.15) is 5.02 Å². The number of hydrogen-bond acceptors (Lipinski definition) is 3. The van der Waals surface area contributed by atoms with E-state index in [0.717, 1.165) is 5.56 Å². The SMILES string of the molecule is CC1(C)C(N)C1c1ccc([N+](=O)[O-])c(Cl)c1. The van der Waals surface area contributed by atoms with Crippen molar-refractivity contribution in [3.63, 3.8) is 0 Å². The molecule has 0 bridgehead atoms. The maximum Gasteiger partial charge on any atom is 0.287 e. The van der Waals surface area contributed by atoms with Crippen LogP contribution in [0.2, 0.25) is 5.02 Å². The van der Waals surface area contributed by atoms with Crippen LogP contribution in [0, 0.1) is 15.5 Å². The summed E-state index contributed by atoms with van der Waals surface area (Å²) in [4.78, 5) is 10.1. The molecule has 1 saturated carbocycles. The molecule has 2 N–H and O–H groups in total. The minimum absolute atomic E-state index is 0.0550. The second-order valence-corrected chi connectivity index (χ2v) is 5.20. The van der Waals surface area contributed by atoms with Gasteiger partial charge in [0.2, 0.25) is 0 Å². The maximum atomic E-state index is 10.6. The summed E-state index contributed by atoms with van der Waals surface area (Å²) in [7, 11) is 0. The molecular formula is C11H13ClN2O2. The average molecular weight is 241 g/mol. The van der Waals surface area contributed by atoms with Gasteiger partial charge in [0.15, 0.2) is 0 Å². The molecule has 0 saturated heterocycles. The fourth-order valence-corrected chi connectivity index (χ4v) is 2.44. The Bertz CT molecular complexity index is 459. The second-order valence-electron chi connectivity index (χ2n) is 4.79. The Balaban J connectivity index is 2.33. The Morgan fingerprint density at radius 3 is 2.44 bits per heavy atom. The molecule has 0 heterocycles. The summed E-state index contributed by atoms with van der Waals surface area (Å²) >= 11 is 5.85. The predicted octanol–water partition coefficient (Wildman–Crippen LogP) is 2.70. The number of nitrogens with zero attached hydrogens (tertiary/aromatic N) is 1. The van der Waals surface area contributed by atoms with Crippen molar-refractivity contribution in [1.29, 1.82) is 0 Å². The lowest BCUT2D eigenvalue weighted by atomic mass is 10.0. The first-order chi connectivity index (χ1) is 7.35. The molecule has 0 amide bonds. The number of nitrogens with two attached hydrogens (primary N) is 1. The van der Waals surface area contributed by atoms with Crippen LogP contribution in [0.3, 0.4) is 0 Å². The number of halogens is 1. The maximum absolute atomic E-state index is 10.6. The molecular weight excluding hydrogens is 228 g/mol. The van der Waals surface area contributed by atoms with Gasteiger partial charge in [-0.05, 0) is 17.0 Å². The van der Waals surface area contributed by atoms with Gasteiger partial charge in [0.25, 0.3) is 5.69 Å². The van der Waals surface area contributed by atoms with Gasteiger partial charge in [-0.2, -0.15) is 0 Å². The normalized spacial score (nSPS) is 26.5. The predicted molar refractivity (Wildman–Crippen MR) is 62.6 cm³/mol. The van der Waals surface area contributed by atoms with Gasteiger partial charge >= 0.3 is 0 Å². The first kappa shape index (κ1) is 11.4. The Morgan fingerprint density at radius 1 is 1.50 bits per heavy atom. The second kappa shape index (κ2) is 3.43. The summed E-state index contributed by atoms with van der Waals surface area (Å²) in [5.41, 5.74) is 6.92. The van der Waals surface area contributed by atoms with E-state index in [-0.39, 0.29) is 28.1 Å². The van der Waals surface area contributed by atoms with E-state index in [2.05, 4.69) is 13.8 Å². The third kappa shape index (κ3) is 1.58. The topological polar surface area (TPSA) is 69.2 Å². The molecule has 0 aromatic heterocycles. The highest BCUT2D eigenvalue weighted by Gasteiger charge is 2.56. The van der Waals surface area contributed by atoms with Crippen LogP contribution >= 0.6 is 11.6 Å². The molecule has 0 spiro atoms. The molecule has 86 valence electrons. The molecule has 4 nitrogen and oxygen atoms in total. The summed E-state index contributed by atoms with van der Waals surface area (Å²) in [5, 5.41) is 10.8. The van der Waals surface area contributed by atoms with Crippen molar-refractivity contribution in [2.45, 2.75) is 25.8 Å². The Hall–Kier alpha value is -1.13. The smallest absolute Gasteiger partial charge is 0.287 e. The summed E-state index contributed by atoms with van der Waals surface area (Å²) < 4.78 is 0. The van der Waals surface area contributed by atoms with Crippen LogP contribution in [0.25, 0.3) is 0 Å². The van der Waals surface area contributed by atoms with E-state index in [1.807, 2.05) is 0 Å². The molecule has 1 aliphatic rings. The molecule has 1 aliphatic carbocycles. The summed E-state index contributed by atoms with van der Waals surface area (Å²) in [5.74, 6) is 0.241. The third-order valence-electron chi connectivity index (χ3n) is 3.44. The van der Waals surface area contributed by atoms with E-state index in [0.29, 0.717) is 0 Å². The van der Waals surface area contributed by atoms with Crippen LogP contribution in [0.1, 0.15) is 25.3 Å². The zero-order valence-corrected chi connectivity index (χ0v) is 9.86. The molecule has 2 unspecified atom stereocenters. The van der Waals surface area contributed by atoms with Crippen molar-refractivity contribution in [2.24, 2.45) is 11.1 Å². The van der Waals surface area contributed by atoms with Crippen LogP contribution in [-0.4, -0.2) is 11.0 Å². The van der Waals surface area contributed by atoms with E-state index in [1.165, 1.54) is 6.07 Å². The molecule has 5 heteroatoms. The van der Waals surface area contributed by atoms with E-state index in [9.17, 15) is 10.1 Å². The molecule has 2 rings (SSSR count). The number of nitro benzene ring substituents is 1. The minimum atomic E-state index is -0.482. The highest BCUT2D eigenvalue weighted by molar-refractivity contribution is 6.32. The third-order valence-corrected chi connectivity index (χ3v) is 3.74. The average Bonchev–Trinajstić information content (AvgIpc) is 2.65. The number of hydrogen-bond donors (Lipinski definition) is 1. The molecule has 1 aromatic carbocycles. The fourth-order valence-electron chi connectivity index (χ4n) is 2.18. The first-order valence-corrected chi connectivity index (χ1v) is 5.43. The molecule has 0 radical (unpaired) electrons. The van der Waals surface area contributed by atoms with Gasteiger partial charge in [0.05, 0.1) is 4.92 Å². The quantitative estimate of drug-likeness (QED) is 0.638. The number of benzene rings is 1. The first-order valence-electron chi connectivity index (χ1n) is 5.05. The van der Waals surface area contributed by atoms with Crippen molar-refractivity contribution in [1.82, 2.24) is 0 Å². The van der Waals surface area contributed by atoms with Gasteiger partial charge in [0, 0.05) is 18.0 Å². The van der Waals surface area contributed by atoms with E-state index in [1.54, 1.807) is 12.1 Å². The van der Waals surface area contributed by atoms with Crippen LogP contribution < -0.4 is 5.73 Å². The largest absolute Gasteiger partial charge is 0.327 e. The summed E-state index contributed by atoms with van der Waals surface area (Å²) in [6.07, 6.45) is 0. The van der Waals surface area contributed by atoms with Crippen LogP contribution in [-0.2, 0) is 0 Å². The van der Waals surface area contributed by atoms with Crippen molar-refractivity contribution < 1.29 is 4.92 Å². The lowest BCUT2D eigenvalue weighted by Crippen LogP contribution is -2.06.